The summed E-state index contributed by atoms with van der Waals surface area (Å²) in [4.78, 5) is 3.52. The molecule has 1 aromatic heterocycles. The minimum Gasteiger partial charge on any atom is -0.330 e. The molecule has 0 aliphatic carbocycles. The molecule has 0 radical (unpaired) electrons. The van der Waals surface area contributed by atoms with Crippen LogP contribution in [0.5, 0.6) is 0 Å². The Bertz CT molecular complexity index is 303. The maximum absolute atomic E-state index is 12.3. The molecule has 0 unspecified atom stereocenters. The van der Waals surface area contributed by atoms with Crippen molar-refractivity contribution in [3.63, 3.8) is 0 Å². The number of alkyl halides is 3. The Hall–Kier alpha value is -1.04. The molecule has 6 heteroatoms. The van der Waals surface area contributed by atoms with E-state index in [-0.39, 0.29) is 0 Å². The molecule has 0 spiro atoms. The summed E-state index contributed by atoms with van der Waals surface area (Å²) >= 11 is 0. The van der Waals surface area contributed by atoms with E-state index in [0.717, 1.165) is 4.57 Å². The fraction of sp³-hybridized carbons (Fsp3) is 0.625. The Morgan fingerprint density at radius 2 is 2.14 bits per heavy atom. The molecule has 1 aromatic rings. The highest BCUT2D eigenvalue weighted by atomic mass is 19.4. The summed E-state index contributed by atoms with van der Waals surface area (Å²) in [7, 11) is 3.09. The number of rotatable bonds is 3. The number of aryl methyl sites for hydroxylation is 1. The zero-order valence-electron chi connectivity index (χ0n) is 8.02. The molecule has 0 saturated carbocycles. The largest absolute Gasteiger partial charge is 0.449 e. The molecule has 0 atom stereocenters. The van der Waals surface area contributed by atoms with Crippen LogP contribution in [-0.4, -0.2) is 23.1 Å². The van der Waals surface area contributed by atoms with Crippen molar-refractivity contribution >= 4 is 0 Å². The van der Waals surface area contributed by atoms with Crippen LogP contribution < -0.4 is 5.32 Å². The lowest BCUT2D eigenvalue weighted by molar-refractivity contribution is -0.146. The zero-order chi connectivity index (χ0) is 10.8. The van der Waals surface area contributed by atoms with E-state index in [1.165, 1.54) is 13.2 Å². The van der Waals surface area contributed by atoms with E-state index < -0.39 is 12.0 Å². The molecule has 0 bridgehead atoms. The van der Waals surface area contributed by atoms with Gasteiger partial charge in [0.15, 0.2) is 0 Å². The second-order valence-electron chi connectivity index (χ2n) is 3.02. The Labute approximate surface area is 79.9 Å². The molecule has 1 heterocycles. The van der Waals surface area contributed by atoms with Crippen LogP contribution in [0, 0.1) is 0 Å². The topological polar surface area (TPSA) is 29.9 Å². The highest BCUT2D eigenvalue weighted by Crippen LogP contribution is 2.27. The van der Waals surface area contributed by atoms with Crippen LogP contribution in [-0.2, 0) is 19.6 Å². The van der Waals surface area contributed by atoms with Crippen LogP contribution in [0.3, 0.4) is 0 Å². The minimum atomic E-state index is -4.37. The lowest BCUT2D eigenvalue weighted by atomic mass is 10.3. The number of hydrogen-bond donors (Lipinski definition) is 1. The van der Waals surface area contributed by atoms with Gasteiger partial charge in [0.2, 0.25) is 5.82 Å². The number of hydrogen-bond acceptors (Lipinski definition) is 2. The van der Waals surface area contributed by atoms with Crippen LogP contribution in [0.4, 0.5) is 13.2 Å². The first kappa shape index (κ1) is 11.0. The van der Waals surface area contributed by atoms with Crippen molar-refractivity contribution in [1.82, 2.24) is 14.9 Å². The maximum atomic E-state index is 12.3. The zero-order valence-corrected chi connectivity index (χ0v) is 8.02. The fourth-order valence-corrected chi connectivity index (χ4v) is 1.17. The van der Waals surface area contributed by atoms with Crippen LogP contribution in [0.15, 0.2) is 6.20 Å². The van der Waals surface area contributed by atoms with Crippen molar-refractivity contribution < 1.29 is 13.2 Å². The van der Waals surface area contributed by atoms with Crippen LogP contribution in [0.1, 0.15) is 11.5 Å². The molecular weight excluding hydrogens is 195 g/mol. The molecule has 0 saturated heterocycles. The highest BCUT2D eigenvalue weighted by Gasteiger charge is 2.36. The molecule has 0 amide bonds. The van der Waals surface area contributed by atoms with Gasteiger partial charge < -0.3 is 9.88 Å². The van der Waals surface area contributed by atoms with Gasteiger partial charge >= 0.3 is 6.18 Å². The van der Waals surface area contributed by atoms with Crippen molar-refractivity contribution in [2.75, 3.05) is 13.6 Å². The van der Waals surface area contributed by atoms with E-state index >= 15 is 0 Å². The van der Waals surface area contributed by atoms with Crippen LogP contribution >= 0.6 is 0 Å². The molecule has 14 heavy (non-hydrogen) atoms. The monoisotopic (exact) mass is 207 g/mol. The summed E-state index contributed by atoms with van der Waals surface area (Å²) in [5, 5.41) is 2.85. The second-order valence-corrected chi connectivity index (χ2v) is 3.02. The summed E-state index contributed by atoms with van der Waals surface area (Å²) < 4.78 is 37.9. The van der Waals surface area contributed by atoms with Gasteiger partial charge in [0.25, 0.3) is 0 Å². The minimum absolute atomic E-state index is 0.453. The summed E-state index contributed by atoms with van der Waals surface area (Å²) in [6, 6.07) is 0. The van der Waals surface area contributed by atoms with Crippen molar-refractivity contribution in [2.45, 2.75) is 12.6 Å². The van der Waals surface area contributed by atoms with Crippen molar-refractivity contribution in [1.29, 1.82) is 0 Å². The van der Waals surface area contributed by atoms with Gasteiger partial charge in [-0.2, -0.15) is 13.2 Å². The van der Waals surface area contributed by atoms with Crippen molar-refractivity contribution in [2.24, 2.45) is 7.05 Å². The Morgan fingerprint density at radius 3 is 2.57 bits per heavy atom. The SMILES string of the molecule is CNCCc1cn(C)c(C(F)(F)F)n1. The van der Waals surface area contributed by atoms with Crippen molar-refractivity contribution in [3.8, 4) is 0 Å². The third kappa shape index (κ3) is 2.47. The number of aromatic nitrogens is 2. The normalized spacial score (nSPS) is 12.1. The van der Waals surface area contributed by atoms with Gasteiger partial charge in [-0.25, -0.2) is 4.98 Å². The molecular formula is C8H12F3N3. The Kier molecular flexibility index (Phi) is 3.15. The van der Waals surface area contributed by atoms with Gasteiger partial charge in [-0.3, -0.25) is 0 Å². The number of nitrogens with one attached hydrogen (secondary N) is 1. The molecule has 1 N–H and O–H groups in total. The van der Waals surface area contributed by atoms with Gasteiger partial charge in [-0.05, 0) is 7.05 Å². The second kappa shape index (κ2) is 4.00. The smallest absolute Gasteiger partial charge is 0.330 e. The van der Waals surface area contributed by atoms with Gasteiger partial charge in [0, 0.05) is 26.2 Å². The summed E-state index contributed by atoms with van der Waals surface area (Å²) in [5.74, 6) is -0.844. The number of likely N-dealkylation sites (N-methyl/N-ethyl adjacent to an activating group) is 1. The summed E-state index contributed by atoms with van der Waals surface area (Å²) in [6.07, 6.45) is -2.47. The molecule has 1 rings (SSSR count). The number of halogens is 3. The van der Waals surface area contributed by atoms with Gasteiger partial charge in [0.1, 0.15) is 0 Å². The van der Waals surface area contributed by atoms with E-state index in [0.29, 0.717) is 18.7 Å². The van der Waals surface area contributed by atoms with Crippen molar-refractivity contribution in [3.05, 3.63) is 17.7 Å². The Balaban J connectivity index is 2.83. The lowest BCUT2D eigenvalue weighted by Crippen LogP contribution is -2.13. The van der Waals surface area contributed by atoms with E-state index in [4.69, 9.17) is 0 Å². The van der Waals surface area contributed by atoms with E-state index in [1.54, 1.807) is 7.05 Å². The third-order valence-electron chi connectivity index (χ3n) is 1.81. The molecule has 80 valence electrons. The predicted octanol–water partition coefficient (Wildman–Crippen LogP) is 1.20. The maximum Gasteiger partial charge on any atom is 0.449 e. The lowest BCUT2D eigenvalue weighted by Gasteiger charge is -2.04. The summed E-state index contributed by atoms with van der Waals surface area (Å²) in [6.45, 7) is 0.619. The molecule has 0 aromatic carbocycles. The standard InChI is InChI=1S/C8H12F3N3/c1-12-4-3-6-5-14(2)7(13-6)8(9,10)11/h5,12H,3-4H2,1-2H3. The average Bonchev–Trinajstić information content (AvgIpc) is 2.42. The van der Waals surface area contributed by atoms with Gasteiger partial charge in [-0.15, -0.1) is 0 Å². The molecule has 0 fully saturated rings. The van der Waals surface area contributed by atoms with Gasteiger partial charge in [-0.1, -0.05) is 0 Å². The molecule has 3 nitrogen and oxygen atoms in total. The molecule has 0 aliphatic rings. The fourth-order valence-electron chi connectivity index (χ4n) is 1.17. The first-order valence-corrected chi connectivity index (χ1v) is 4.19. The van der Waals surface area contributed by atoms with E-state index in [2.05, 4.69) is 10.3 Å². The highest BCUT2D eigenvalue weighted by molar-refractivity contribution is 5.06. The van der Waals surface area contributed by atoms with E-state index in [9.17, 15) is 13.2 Å². The van der Waals surface area contributed by atoms with Crippen LogP contribution in [0.2, 0.25) is 0 Å². The summed E-state index contributed by atoms with van der Waals surface area (Å²) in [5.41, 5.74) is 0.453. The van der Waals surface area contributed by atoms with Crippen LogP contribution in [0.25, 0.3) is 0 Å². The Morgan fingerprint density at radius 1 is 1.50 bits per heavy atom. The first-order valence-electron chi connectivity index (χ1n) is 4.19. The third-order valence-corrected chi connectivity index (χ3v) is 1.81. The molecule has 0 aliphatic heterocycles. The average molecular weight is 207 g/mol. The number of imidazole rings is 1. The quantitative estimate of drug-likeness (QED) is 0.807. The predicted molar refractivity (Wildman–Crippen MR) is 45.8 cm³/mol. The first-order chi connectivity index (χ1) is 6.45. The van der Waals surface area contributed by atoms with E-state index in [1.807, 2.05) is 0 Å². The number of nitrogens with zero attached hydrogens (tertiary/aromatic N) is 2. The van der Waals surface area contributed by atoms with Gasteiger partial charge in [0.05, 0.1) is 5.69 Å².